The summed E-state index contributed by atoms with van der Waals surface area (Å²) in [6.07, 6.45) is 6.96. The van der Waals surface area contributed by atoms with Crippen LogP contribution < -0.4 is 10.1 Å². The highest BCUT2D eigenvalue weighted by Crippen LogP contribution is 2.26. The van der Waals surface area contributed by atoms with E-state index in [4.69, 9.17) is 9.15 Å². The Bertz CT molecular complexity index is 1020. The summed E-state index contributed by atoms with van der Waals surface area (Å²) in [6.45, 7) is 2.62. The molecule has 1 amide bonds. The van der Waals surface area contributed by atoms with Gasteiger partial charge in [0.1, 0.15) is 17.4 Å². The average molecular weight is 410 g/mol. The highest BCUT2D eigenvalue weighted by Gasteiger charge is 2.19. The molecule has 6 nitrogen and oxygen atoms in total. The zero-order valence-electron chi connectivity index (χ0n) is 16.5. The first-order chi connectivity index (χ1) is 14.2. The smallest absolute Gasteiger partial charge is 0.256 e. The average Bonchev–Trinajstić information content (AvgIpc) is 3.41. The summed E-state index contributed by atoms with van der Waals surface area (Å²) in [5, 5.41) is 3.54. The van der Waals surface area contributed by atoms with E-state index in [1.165, 1.54) is 29.3 Å². The van der Waals surface area contributed by atoms with Gasteiger partial charge in [-0.15, -0.1) is 11.8 Å². The number of aromatic nitrogens is 2. The van der Waals surface area contributed by atoms with Crippen LogP contribution >= 0.6 is 11.8 Å². The van der Waals surface area contributed by atoms with Gasteiger partial charge in [-0.2, -0.15) is 0 Å². The number of nitrogens with one attached hydrogen (secondary N) is 1. The van der Waals surface area contributed by atoms with Crippen molar-refractivity contribution >= 4 is 17.7 Å². The Morgan fingerprint density at radius 2 is 2.10 bits per heavy atom. The van der Waals surface area contributed by atoms with Crippen LogP contribution in [0.4, 0.5) is 0 Å². The maximum absolute atomic E-state index is 12.7. The number of fused-ring (bicyclic) bond motifs is 1. The number of carbonyl (C=O) groups is 1. The Balaban J connectivity index is 1.38. The zero-order valence-corrected chi connectivity index (χ0v) is 17.3. The van der Waals surface area contributed by atoms with Gasteiger partial charge in [-0.1, -0.05) is 6.07 Å². The summed E-state index contributed by atoms with van der Waals surface area (Å²) in [5.74, 6) is 1.72. The van der Waals surface area contributed by atoms with Crippen LogP contribution in [0.15, 0.2) is 46.0 Å². The number of carbonyl (C=O) groups excluding carboxylic acids is 1. The van der Waals surface area contributed by atoms with Crippen LogP contribution in [-0.2, 0) is 12.8 Å². The van der Waals surface area contributed by atoms with E-state index in [1.807, 2.05) is 19.2 Å². The third-order valence-corrected chi connectivity index (χ3v) is 5.63. The number of rotatable bonds is 7. The van der Waals surface area contributed by atoms with E-state index in [0.29, 0.717) is 41.0 Å². The Morgan fingerprint density at radius 1 is 1.24 bits per heavy atom. The molecule has 1 aliphatic carbocycles. The molecule has 0 radical (unpaired) electrons. The van der Waals surface area contributed by atoms with Gasteiger partial charge in [0.25, 0.3) is 5.91 Å². The maximum atomic E-state index is 12.7. The minimum Gasteiger partial charge on any atom is -0.492 e. The van der Waals surface area contributed by atoms with E-state index in [0.717, 1.165) is 18.6 Å². The highest BCUT2D eigenvalue weighted by molar-refractivity contribution is 7.98. The molecule has 1 N–H and O–H groups in total. The molecule has 150 valence electrons. The molecule has 2 aromatic heterocycles. The monoisotopic (exact) mass is 409 g/mol. The van der Waals surface area contributed by atoms with Gasteiger partial charge in [0.15, 0.2) is 11.6 Å². The van der Waals surface area contributed by atoms with Crippen LogP contribution in [0.5, 0.6) is 5.75 Å². The van der Waals surface area contributed by atoms with Crippen molar-refractivity contribution < 1.29 is 13.9 Å². The molecule has 1 aliphatic rings. The summed E-state index contributed by atoms with van der Waals surface area (Å²) >= 11 is 1.41. The molecule has 0 unspecified atom stereocenters. The van der Waals surface area contributed by atoms with Gasteiger partial charge in [-0.3, -0.25) is 4.79 Å². The molecular formula is C22H23N3O3S. The fourth-order valence-electron chi connectivity index (χ4n) is 3.53. The summed E-state index contributed by atoms with van der Waals surface area (Å²) in [5.41, 5.74) is 3.91. The van der Waals surface area contributed by atoms with Gasteiger partial charge in [0.05, 0.1) is 24.1 Å². The standard InChI is InChI=1S/C22H23N3O3S/c1-14-19(22(29-2)25-20(24-14)18-7-4-11-28-18)21(26)23-10-12-27-17-9-8-15-5-3-6-16(15)13-17/h4,7-9,11,13H,3,5-6,10,12H2,1-2H3,(H,23,26). The first-order valence-corrected chi connectivity index (χ1v) is 10.9. The highest BCUT2D eigenvalue weighted by atomic mass is 32.2. The molecule has 1 aromatic carbocycles. The lowest BCUT2D eigenvalue weighted by atomic mass is 10.1. The Morgan fingerprint density at radius 3 is 2.90 bits per heavy atom. The van der Waals surface area contributed by atoms with Crippen molar-refractivity contribution in [2.24, 2.45) is 0 Å². The molecule has 0 bridgehead atoms. The predicted octanol–water partition coefficient (Wildman–Crippen LogP) is 4.06. The molecule has 2 heterocycles. The van der Waals surface area contributed by atoms with E-state index in [1.54, 1.807) is 18.4 Å². The first kappa shape index (κ1) is 19.5. The molecule has 29 heavy (non-hydrogen) atoms. The van der Waals surface area contributed by atoms with Crippen LogP contribution in [0.3, 0.4) is 0 Å². The molecule has 0 spiro atoms. The Hall–Kier alpha value is -2.80. The van der Waals surface area contributed by atoms with E-state index in [2.05, 4.69) is 27.4 Å². The van der Waals surface area contributed by atoms with Gasteiger partial charge in [0.2, 0.25) is 0 Å². The molecule has 3 aromatic rings. The molecule has 0 atom stereocenters. The Labute approximate surface area is 174 Å². The summed E-state index contributed by atoms with van der Waals surface area (Å²) < 4.78 is 11.2. The van der Waals surface area contributed by atoms with Crippen molar-refractivity contribution in [2.75, 3.05) is 19.4 Å². The number of thioether (sulfide) groups is 1. The third kappa shape index (κ3) is 4.29. The SMILES string of the molecule is CSc1nc(-c2ccco2)nc(C)c1C(=O)NCCOc1ccc2c(c1)CCC2. The van der Waals surface area contributed by atoms with Crippen LogP contribution in [0.1, 0.15) is 33.6 Å². The second kappa shape index (κ2) is 8.69. The van der Waals surface area contributed by atoms with Gasteiger partial charge < -0.3 is 14.5 Å². The molecule has 0 aliphatic heterocycles. The number of ether oxygens (including phenoxy) is 1. The number of hydrogen-bond acceptors (Lipinski definition) is 6. The van der Waals surface area contributed by atoms with E-state index in [9.17, 15) is 4.79 Å². The van der Waals surface area contributed by atoms with Crippen molar-refractivity contribution in [2.45, 2.75) is 31.2 Å². The largest absolute Gasteiger partial charge is 0.492 e. The summed E-state index contributed by atoms with van der Waals surface area (Å²) in [6, 6.07) is 9.84. The van der Waals surface area contributed by atoms with E-state index >= 15 is 0 Å². The normalized spacial score (nSPS) is 12.6. The topological polar surface area (TPSA) is 77.2 Å². The molecule has 0 saturated carbocycles. The fraction of sp³-hybridized carbons (Fsp3) is 0.318. The number of amides is 1. The van der Waals surface area contributed by atoms with Crippen molar-refractivity contribution in [3.8, 4) is 17.3 Å². The lowest BCUT2D eigenvalue weighted by Gasteiger charge is -2.12. The number of benzene rings is 1. The Kier molecular flexibility index (Phi) is 5.85. The quantitative estimate of drug-likeness (QED) is 0.360. The van der Waals surface area contributed by atoms with Gasteiger partial charge in [-0.05, 0) is 67.8 Å². The molecule has 0 saturated heterocycles. The van der Waals surface area contributed by atoms with Crippen molar-refractivity contribution in [1.82, 2.24) is 15.3 Å². The van der Waals surface area contributed by atoms with Crippen molar-refractivity contribution in [3.63, 3.8) is 0 Å². The van der Waals surface area contributed by atoms with Gasteiger partial charge >= 0.3 is 0 Å². The minimum absolute atomic E-state index is 0.199. The number of furan rings is 1. The van der Waals surface area contributed by atoms with Crippen LogP contribution in [-0.4, -0.2) is 35.3 Å². The number of nitrogens with zero attached hydrogens (tertiary/aromatic N) is 2. The molecule has 7 heteroatoms. The van der Waals surface area contributed by atoms with Gasteiger partial charge in [0, 0.05) is 0 Å². The lowest BCUT2D eigenvalue weighted by Crippen LogP contribution is -2.29. The lowest BCUT2D eigenvalue weighted by molar-refractivity contribution is 0.0942. The number of hydrogen-bond donors (Lipinski definition) is 1. The first-order valence-electron chi connectivity index (χ1n) is 9.65. The molecule has 4 rings (SSSR count). The van der Waals surface area contributed by atoms with Crippen molar-refractivity contribution in [1.29, 1.82) is 0 Å². The second-order valence-corrected chi connectivity index (χ2v) is 7.68. The van der Waals surface area contributed by atoms with Crippen LogP contribution in [0, 0.1) is 6.92 Å². The summed E-state index contributed by atoms with van der Waals surface area (Å²) in [4.78, 5) is 21.7. The number of aryl methyl sites for hydroxylation is 3. The second-order valence-electron chi connectivity index (χ2n) is 6.88. The van der Waals surface area contributed by atoms with Crippen LogP contribution in [0.2, 0.25) is 0 Å². The van der Waals surface area contributed by atoms with Crippen LogP contribution in [0.25, 0.3) is 11.6 Å². The summed E-state index contributed by atoms with van der Waals surface area (Å²) in [7, 11) is 0. The minimum atomic E-state index is -0.199. The predicted molar refractivity (Wildman–Crippen MR) is 113 cm³/mol. The maximum Gasteiger partial charge on any atom is 0.256 e. The third-order valence-electron chi connectivity index (χ3n) is 4.95. The zero-order chi connectivity index (χ0) is 20.2. The molecule has 0 fully saturated rings. The van der Waals surface area contributed by atoms with E-state index < -0.39 is 0 Å². The van der Waals surface area contributed by atoms with Gasteiger partial charge in [-0.25, -0.2) is 9.97 Å². The van der Waals surface area contributed by atoms with E-state index in [-0.39, 0.29) is 5.91 Å². The fourth-order valence-corrected chi connectivity index (χ4v) is 4.15. The van der Waals surface area contributed by atoms with Crippen molar-refractivity contribution in [3.05, 3.63) is 59.0 Å². The molecular weight excluding hydrogens is 386 g/mol.